The van der Waals surface area contributed by atoms with Crippen LogP contribution in [0.2, 0.25) is 0 Å². The Morgan fingerprint density at radius 2 is 1.71 bits per heavy atom. The number of nitrogens with zero attached hydrogens (tertiary/aromatic N) is 2. The lowest BCUT2D eigenvalue weighted by Crippen LogP contribution is -2.33. The molecule has 3 aromatic carbocycles. The van der Waals surface area contributed by atoms with Gasteiger partial charge in [0.05, 0.1) is 5.69 Å². The number of fused-ring (bicyclic) bond motifs is 2. The maximum atomic E-state index is 11.8. The number of piperidine rings is 1. The summed E-state index contributed by atoms with van der Waals surface area (Å²) in [5.41, 5.74) is 3.26. The van der Waals surface area contributed by atoms with Gasteiger partial charge in [-0.15, -0.1) is 17.5 Å². The van der Waals surface area contributed by atoms with Crippen molar-refractivity contribution in [1.29, 1.82) is 0 Å². The van der Waals surface area contributed by atoms with E-state index in [2.05, 4.69) is 41.4 Å². The molecule has 146 valence electrons. The predicted molar refractivity (Wildman–Crippen MR) is 120 cm³/mol. The van der Waals surface area contributed by atoms with Crippen molar-refractivity contribution in [3.63, 3.8) is 0 Å². The van der Waals surface area contributed by atoms with Crippen LogP contribution >= 0.6 is 24.6 Å². The first-order chi connectivity index (χ1) is 13.5. The number of rotatable bonds is 4. The van der Waals surface area contributed by atoms with Crippen LogP contribution in [0, 0.1) is 16.7 Å². The summed E-state index contributed by atoms with van der Waals surface area (Å²) in [4.78, 5) is 13.6. The molecule has 1 aliphatic rings. The van der Waals surface area contributed by atoms with Gasteiger partial charge >= 0.3 is 0 Å². The Labute approximate surface area is 174 Å². The molecule has 1 aliphatic heterocycles. The summed E-state index contributed by atoms with van der Waals surface area (Å²) >= 11 is 6.11. The van der Waals surface area contributed by atoms with Crippen LogP contribution in [0.15, 0.2) is 51.4 Å². The van der Waals surface area contributed by atoms with Crippen LogP contribution in [0.3, 0.4) is 0 Å². The minimum atomic E-state index is 0.378. The van der Waals surface area contributed by atoms with Gasteiger partial charge in [0.1, 0.15) is 5.69 Å². The quantitative estimate of drug-likeness (QED) is 0.150. The molecule has 0 radical (unpaired) electrons. The maximum Gasteiger partial charge on any atom is 0.123 e. The molecule has 3 aromatic rings. The van der Waals surface area contributed by atoms with Gasteiger partial charge in [-0.1, -0.05) is 26.0 Å². The van der Waals surface area contributed by atoms with Crippen LogP contribution in [0.4, 0.5) is 11.4 Å². The molecule has 28 heavy (non-hydrogen) atoms. The molecule has 2 atom stereocenters. The molecule has 5 nitrogen and oxygen atoms in total. The second-order valence-corrected chi connectivity index (χ2v) is 9.44. The van der Waals surface area contributed by atoms with E-state index in [4.69, 9.17) is 0 Å². The third kappa shape index (κ3) is 3.59. The Kier molecular flexibility index (Phi) is 5.51. The van der Waals surface area contributed by atoms with Crippen molar-refractivity contribution >= 4 is 57.5 Å². The van der Waals surface area contributed by atoms with Crippen molar-refractivity contribution in [3.8, 4) is 0 Å². The van der Waals surface area contributed by atoms with E-state index < -0.39 is 0 Å². The highest BCUT2D eigenvalue weighted by atomic mass is 32.2. The van der Waals surface area contributed by atoms with Crippen LogP contribution in [0.5, 0.6) is 0 Å². The molecular formula is C21H23N3O2S2. The molecule has 1 saturated heterocycles. The number of nitrogens with one attached hydrogen (secondary N) is 1. The van der Waals surface area contributed by atoms with E-state index in [1.165, 1.54) is 6.42 Å². The number of thiol groups is 1. The van der Waals surface area contributed by atoms with E-state index in [0.29, 0.717) is 28.6 Å². The smallest absolute Gasteiger partial charge is 0.123 e. The molecule has 1 heterocycles. The summed E-state index contributed by atoms with van der Waals surface area (Å²) in [5, 5.41) is 16.0. The third-order valence-electron chi connectivity index (χ3n) is 5.32. The van der Waals surface area contributed by atoms with Crippen LogP contribution in [0.1, 0.15) is 20.3 Å². The molecule has 1 fully saturated rings. The zero-order valence-electron chi connectivity index (χ0n) is 15.8. The minimum Gasteiger partial charge on any atom is -0.291 e. The average Bonchev–Trinajstić information content (AvgIpc) is 2.65. The first-order valence-corrected chi connectivity index (χ1v) is 10.6. The molecule has 0 saturated carbocycles. The van der Waals surface area contributed by atoms with Crippen LogP contribution in [-0.2, 0) is 0 Å². The van der Waals surface area contributed by atoms with E-state index in [0.717, 1.165) is 39.0 Å². The van der Waals surface area contributed by atoms with Crippen molar-refractivity contribution in [1.82, 2.24) is 4.31 Å². The van der Waals surface area contributed by atoms with E-state index >= 15 is 0 Å². The van der Waals surface area contributed by atoms with E-state index in [9.17, 15) is 10.1 Å². The van der Waals surface area contributed by atoms with Crippen LogP contribution in [0.25, 0.3) is 21.5 Å². The first-order valence-electron chi connectivity index (χ1n) is 9.39. The number of benzene rings is 3. The molecule has 7 heteroatoms. The van der Waals surface area contributed by atoms with Crippen LogP contribution < -0.4 is 5.48 Å². The summed E-state index contributed by atoms with van der Waals surface area (Å²) in [6.07, 6.45) is 1.26. The first kappa shape index (κ1) is 19.5. The van der Waals surface area contributed by atoms with Crippen molar-refractivity contribution in [2.75, 3.05) is 18.6 Å². The number of anilines is 1. The Bertz CT molecular complexity index is 1050. The van der Waals surface area contributed by atoms with Gasteiger partial charge in [0, 0.05) is 44.4 Å². The lowest BCUT2D eigenvalue weighted by Gasteiger charge is -2.33. The third-order valence-corrected chi connectivity index (χ3v) is 6.62. The highest BCUT2D eigenvalue weighted by Gasteiger charge is 2.23. The zero-order valence-corrected chi connectivity index (χ0v) is 17.6. The van der Waals surface area contributed by atoms with Gasteiger partial charge in [0.2, 0.25) is 0 Å². The highest BCUT2D eigenvalue weighted by Crippen LogP contribution is 2.43. The fourth-order valence-corrected chi connectivity index (χ4v) is 5.74. The zero-order chi connectivity index (χ0) is 19.8. The fourth-order valence-electron chi connectivity index (χ4n) is 4.28. The summed E-state index contributed by atoms with van der Waals surface area (Å²) in [5.74, 6) is 1.35. The minimum absolute atomic E-state index is 0.378. The number of hydrogen-bond acceptors (Lipinski definition) is 7. The normalized spacial score (nSPS) is 20.6. The summed E-state index contributed by atoms with van der Waals surface area (Å²) in [6, 6.07) is 11.4. The van der Waals surface area contributed by atoms with E-state index in [-0.39, 0.29) is 0 Å². The van der Waals surface area contributed by atoms with Gasteiger partial charge in [0.15, 0.2) is 0 Å². The Morgan fingerprint density at radius 3 is 2.36 bits per heavy atom. The molecule has 0 aliphatic carbocycles. The molecule has 0 bridgehead atoms. The van der Waals surface area contributed by atoms with Crippen LogP contribution in [-0.4, -0.2) is 22.6 Å². The molecular weight excluding hydrogens is 390 g/mol. The molecule has 4 rings (SSSR count). The molecule has 0 amide bonds. The lowest BCUT2D eigenvalue weighted by molar-refractivity contribution is 0.237. The number of hydrogen-bond donors (Lipinski definition) is 3. The van der Waals surface area contributed by atoms with Gasteiger partial charge in [-0.25, -0.2) is 4.31 Å². The largest absolute Gasteiger partial charge is 0.291 e. The predicted octanol–water partition coefficient (Wildman–Crippen LogP) is 6.47. The monoisotopic (exact) mass is 413 g/mol. The second-order valence-electron chi connectivity index (χ2n) is 7.75. The van der Waals surface area contributed by atoms with Gasteiger partial charge in [-0.3, -0.25) is 10.7 Å². The van der Waals surface area contributed by atoms with Crippen molar-refractivity contribution in [2.24, 2.45) is 17.0 Å². The van der Waals surface area contributed by atoms with Gasteiger partial charge in [-0.05, 0) is 59.6 Å². The standard InChI is InChI=1S/C21H23N3O2S2/c1-12-7-13(2)11-24(10-12)28-15-4-6-17-19(9-15)21(23-26)18-8-14(27)3-5-16(18)20(17)22-25/h3-6,8-9,12-13,22,25,27H,7,10-11H2,1-2H3/t12-,13+. The van der Waals surface area contributed by atoms with Gasteiger partial charge in [0.25, 0.3) is 0 Å². The van der Waals surface area contributed by atoms with E-state index in [1.54, 1.807) is 11.9 Å². The Morgan fingerprint density at radius 1 is 1.07 bits per heavy atom. The molecule has 0 spiro atoms. The molecule has 0 unspecified atom stereocenters. The summed E-state index contributed by atoms with van der Waals surface area (Å²) < 4.78 is 2.39. The topological polar surface area (TPSA) is 64.9 Å². The Balaban J connectivity index is 1.84. The lowest BCUT2D eigenvalue weighted by atomic mass is 9.94. The second kappa shape index (κ2) is 7.91. The van der Waals surface area contributed by atoms with E-state index in [1.807, 2.05) is 36.4 Å². The highest BCUT2D eigenvalue weighted by molar-refractivity contribution is 7.97. The van der Waals surface area contributed by atoms with Crippen molar-refractivity contribution in [3.05, 3.63) is 41.3 Å². The summed E-state index contributed by atoms with van der Waals surface area (Å²) in [7, 11) is 0. The maximum absolute atomic E-state index is 11.8. The van der Waals surface area contributed by atoms with Gasteiger partial charge in [-0.2, -0.15) is 0 Å². The van der Waals surface area contributed by atoms with Gasteiger partial charge < -0.3 is 0 Å². The summed E-state index contributed by atoms with van der Waals surface area (Å²) in [6.45, 7) is 6.68. The molecule has 2 N–H and O–H groups in total. The number of nitroso groups, excluding NO2 is 1. The fraction of sp³-hybridized carbons (Fsp3) is 0.333. The van der Waals surface area contributed by atoms with Crippen molar-refractivity contribution < 1.29 is 5.21 Å². The van der Waals surface area contributed by atoms with Crippen molar-refractivity contribution in [2.45, 2.75) is 30.1 Å². The molecule has 0 aromatic heterocycles. The average molecular weight is 414 g/mol. The Hall–Kier alpha value is -1.80. The SMILES string of the molecule is C[C@@H]1C[C@H](C)CN(Sc2ccc3c(NO)c4ccc(S)cc4c(N=O)c3c2)C1.